The summed E-state index contributed by atoms with van der Waals surface area (Å²) in [6, 6.07) is 21.2. The van der Waals surface area contributed by atoms with Crippen LogP contribution in [0.15, 0.2) is 150 Å². The van der Waals surface area contributed by atoms with Crippen molar-refractivity contribution in [1.82, 2.24) is 19.5 Å². The molecular formula is C39H24N4O. The lowest BCUT2D eigenvalue weighted by Gasteiger charge is -2.11. The van der Waals surface area contributed by atoms with Crippen LogP contribution in [0.2, 0.25) is 0 Å². The Morgan fingerprint density at radius 3 is 1.66 bits per heavy atom. The second kappa shape index (κ2) is 9.75. The Morgan fingerprint density at radius 1 is 0.477 bits per heavy atom. The zero-order valence-corrected chi connectivity index (χ0v) is 22.8. The Bertz CT molecular complexity index is 2970. The van der Waals surface area contributed by atoms with Crippen LogP contribution in [0.1, 0.15) is 13.7 Å². The summed E-state index contributed by atoms with van der Waals surface area (Å²) in [7, 11) is 0. The average Bonchev–Trinajstić information content (AvgIpc) is 3.74. The van der Waals surface area contributed by atoms with Gasteiger partial charge in [0, 0.05) is 32.7 Å². The second-order valence-corrected chi connectivity index (χ2v) is 10.1. The van der Waals surface area contributed by atoms with Crippen molar-refractivity contribution in [2.45, 2.75) is 0 Å². The van der Waals surface area contributed by atoms with E-state index in [1.54, 1.807) is 30.3 Å². The van der Waals surface area contributed by atoms with Crippen molar-refractivity contribution in [3.63, 3.8) is 0 Å². The first-order valence-corrected chi connectivity index (χ1v) is 13.8. The molecule has 206 valence electrons. The summed E-state index contributed by atoms with van der Waals surface area (Å²) in [6.07, 6.45) is 0. The highest BCUT2D eigenvalue weighted by Gasteiger charge is 2.21. The van der Waals surface area contributed by atoms with E-state index in [9.17, 15) is 0 Å². The van der Waals surface area contributed by atoms with Gasteiger partial charge in [-0.3, -0.25) is 4.57 Å². The van der Waals surface area contributed by atoms with Crippen molar-refractivity contribution in [1.29, 1.82) is 0 Å². The zero-order chi connectivity index (χ0) is 37.7. The predicted molar refractivity (Wildman–Crippen MR) is 178 cm³/mol. The first kappa shape index (κ1) is 16.5. The molecule has 0 aliphatic carbocycles. The third kappa shape index (κ3) is 3.76. The molecule has 0 fully saturated rings. The lowest BCUT2D eigenvalue weighted by Crippen LogP contribution is -2.06. The van der Waals surface area contributed by atoms with Crippen LogP contribution in [-0.4, -0.2) is 19.5 Å². The molecule has 0 radical (unpaired) electrons. The number of benzene rings is 6. The molecule has 9 rings (SSSR count). The first-order chi connectivity index (χ1) is 26.0. The van der Waals surface area contributed by atoms with Crippen LogP contribution >= 0.6 is 0 Å². The molecule has 0 bridgehead atoms. The van der Waals surface area contributed by atoms with E-state index < -0.39 is 48.3 Å². The van der Waals surface area contributed by atoms with Crippen LogP contribution < -0.4 is 0 Å². The molecule has 0 spiro atoms. The van der Waals surface area contributed by atoms with Gasteiger partial charge in [-0.1, -0.05) is 127 Å². The van der Waals surface area contributed by atoms with Crippen molar-refractivity contribution in [2.24, 2.45) is 0 Å². The smallest absolute Gasteiger partial charge is 0.238 e. The Hall–Kier alpha value is -6.07. The highest BCUT2D eigenvalue weighted by Crippen LogP contribution is 2.40. The number of rotatable bonds is 4. The monoisotopic (exact) mass is 574 g/mol. The lowest BCUT2D eigenvalue weighted by molar-refractivity contribution is 0.670. The third-order valence-corrected chi connectivity index (χ3v) is 7.66. The number of para-hydroxylation sites is 4. The molecule has 0 atom stereocenters. The molecule has 0 N–H and O–H groups in total. The quantitative estimate of drug-likeness (QED) is 0.210. The van der Waals surface area contributed by atoms with Gasteiger partial charge in [0.1, 0.15) is 11.2 Å². The van der Waals surface area contributed by atoms with E-state index in [2.05, 4.69) is 0 Å². The van der Waals surface area contributed by atoms with Gasteiger partial charge in [-0.05, 0) is 23.8 Å². The number of furan rings is 1. The number of aromatic nitrogens is 4. The number of nitrogens with zero attached hydrogens (tertiary/aromatic N) is 4. The van der Waals surface area contributed by atoms with Gasteiger partial charge in [-0.2, -0.15) is 9.97 Å². The summed E-state index contributed by atoms with van der Waals surface area (Å²) in [6.45, 7) is 0. The molecule has 9 aromatic rings. The van der Waals surface area contributed by atoms with Crippen molar-refractivity contribution in [3.8, 4) is 39.9 Å². The minimum atomic E-state index is -0.549. The van der Waals surface area contributed by atoms with E-state index in [1.807, 2.05) is 59.2 Å². The van der Waals surface area contributed by atoms with E-state index in [0.717, 1.165) is 21.8 Å². The molecule has 6 aromatic carbocycles. The number of fused-ring (bicyclic) bond motifs is 6. The Labute approximate surface area is 266 Å². The summed E-state index contributed by atoms with van der Waals surface area (Å²) in [5, 5.41) is 3.09. The van der Waals surface area contributed by atoms with Gasteiger partial charge in [0.25, 0.3) is 0 Å². The summed E-state index contributed by atoms with van der Waals surface area (Å²) in [4.78, 5) is 14.5. The van der Waals surface area contributed by atoms with Crippen LogP contribution in [0, 0.1) is 0 Å². The summed E-state index contributed by atoms with van der Waals surface area (Å²) in [5.74, 6) is 0.0617. The minimum Gasteiger partial charge on any atom is -0.455 e. The Balaban J connectivity index is 1.37. The highest BCUT2D eigenvalue weighted by atomic mass is 16.3. The second-order valence-electron chi connectivity index (χ2n) is 10.1. The molecule has 0 unspecified atom stereocenters. The molecule has 0 saturated heterocycles. The van der Waals surface area contributed by atoms with Gasteiger partial charge in [-0.15, -0.1) is 0 Å². The van der Waals surface area contributed by atoms with E-state index in [0.29, 0.717) is 27.5 Å². The Kier molecular flexibility index (Phi) is 3.66. The standard InChI is InChI=1S/C39H24N4O/c1-3-13-25(14-4-1)27-19-11-20-30-31-21-12-22-32(36(31)44-35(27)30)38-40-37(26-15-5-2-6-16-26)41-39(42-38)43-33-23-9-7-17-28(33)29-18-8-10-24-34(29)43/h1-24H/i1D,2D,3D,4D,5D,6D,13D,14D,15D,16D. The van der Waals surface area contributed by atoms with Gasteiger partial charge in [0.15, 0.2) is 11.6 Å². The van der Waals surface area contributed by atoms with Gasteiger partial charge >= 0.3 is 0 Å². The van der Waals surface area contributed by atoms with E-state index in [1.165, 1.54) is 0 Å². The zero-order valence-electron chi connectivity index (χ0n) is 32.8. The van der Waals surface area contributed by atoms with Gasteiger partial charge in [0.05, 0.1) is 30.3 Å². The van der Waals surface area contributed by atoms with Crippen molar-refractivity contribution in [2.75, 3.05) is 0 Å². The predicted octanol–water partition coefficient (Wildman–Crippen LogP) is 9.87. The van der Waals surface area contributed by atoms with Crippen LogP contribution in [0.3, 0.4) is 0 Å². The fraction of sp³-hybridized carbons (Fsp3) is 0. The van der Waals surface area contributed by atoms with Crippen molar-refractivity contribution in [3.05, 3.63) is 145 Å². The minimum absolute atomic E-state index is 0.00973. The highest BCUT2D eigenvalue weighted by molar-refractivity contribution is 6.13. The van der Waals surface area contributed by atoms with Crippen LogP contribution in [0.25, 0.3) is 83.6 Å². The van der Waals surface area contributed by atoms with Crippen molar-refractivity contribution < 1.29 is 18.1 Å². The summed E-state index contributed by atoms with van der Waals surface area (Å²) in [5.41, 5.74) is 2.61. The van der Waals surface area contributed by atoms with E-state index in [-0.39, 0.29) is 46.4 Å². The van der Waals surface area contributed by atoms with Crippen LogP contribution in [0.4, 0.5) is 0 Å². The maximum absolute atomic E-state index is 8.78. The maximum Gasteiger partial charge on any atom is 0.238 e. The lowest BCUT2D eigenvalue weighted by atomic mass is 10.0. The SMILES string of the molecule is [2H]c1c([2H])c([2H])c(-c2nc(-c3cccc4c3oc3c(-c5c([2H])c([2H])c([2H])c([2H])c5[2H])cccc34)nc(-n3c4ccccc4c4ccccc43)n2)c([2H])c1[2H]. The van der Waals surface area contributed by atoms with Crippen LogP contribution in [0.5, 0.6) is 0 Å². The van der Waals surface area contributed by atoms with Gasteiger partial charge in [0.2, 0.25) is 5.95 Å². The summed E-state index contributed by atoms with van der Waals surface area (Å²) < 4.78 is 92.8. The Morgan fingerprint density at radius 2 is 1.00 bits per heavy atom. The molecule has 5 nitrogen and oxygen atoms in total. The third-order valence-electron chi connectivity index (χ3n) is 7.66. The average molecular weight is 575 g/mol. The largest absolute Gasteiger partial charge is 0.455 e. The normalized spacial score (nSPS) is 14.8. The first-order valence-electron chi connectivity index (χ1n) is 18.8. The summed E-state index contributed by atoms with van der Waals surface area (Å²) >= 11 is 0. The molecule has 0 aliphatic heterocycles. The van der Waals surface area contributed by atoms with Crippen LogP contribution in [-0.2, 0) is 0 Å². The molecule has 44 heavy (non-hydrogen) atoms. The van der Waals surface area contributed by atoms with E-state index in [4.69, 9.17) is 33.1 Å². The fourth-order valence-electron chi connectivity index (χ4n) is 5.77. The molecule has 0 aliphatic rings. The maximum atomic E-state index is 8.78. The topological polar surface area (TPSA) is 56.7 Å². The van der Waals surface area contributed by atoms with E-state index >= 15 is 0 Å². The van der Waals surface area contributed by atoms with Crippen molar-refractivity contribution >= 4 is 43.7 Å². The van der Waals surface area contributed by atoms with Gasteiger partial charge < -0.3 is 4.42 Å². The number of hydrogen-bond donors (Lipinski definition) is 0. The molecule has 0 amide bonds. The molecular weight excluding hydrogens is 540 g/mol. The molecule has 3 aromatic heterocycles. The number of hydrogen-bond acceptors (Lipinski definition) is 4. The molecule has 3 heterocycles. The van der Waals surface area contributed by atoms with Gasteiger partial charge in [-0.25, -0.2) is 4.98 Å². The molecule has 0 saturated carbocycles. The fourth-order valence-corrected chi connectivity index (χ4v) is 5.77. The molecule has 5 heteroatoms.